The molecular formula is C20H23N3O. The van der Waals surface area contributed by atoms with Crippen LogP contribution >= 0.6 is 0 Å². The fraction of sp³-hybridized carbons (Fsp3) is 0.250. The summed E-state index contributed by atoms with van der Waals surface area (Å²) in [5.41, 5.74) is 5.07. The second-order valence-electron chi connectivity index (χ2n) is 5.91. The zero-order valence-electron chi connectivity index (χ0n) is 14.2. The average molecular weight is 321 g/mol. The Balaban J connectivity index is 1.66. The summed E-state index contributed by atoms with van der Waals surface area (Å²) < 4.78 is 7.53. The van der Waals surface area contributed by atoms with Gasteiger partial charge in [-0.05, 0) is 35.7 Å². The maximum Gasteiger partial charge on any atom is 0.123 e. The molecule has 0 aliphatic carbocycles. The van der Waals surface area contributed by atoms with Crippen LogP contribution in [0, 0.1) is 6.92 Å². The lowest BCUT2D eigenvalue weighted by Gasteiger charge is -2.12. The van der Waals surface area contributed by atoms with Gasteiger partial charge in [-0.2, -0.15) is 0 Å². The van der Waals surface area contributed by atoms with Crippen molar-refractivity contribution in [2.75, 3.05) is 7.11 Å². The van der Waals surface area contributed by atoms with Gasteiger partial charge in [0.15, 0.2) is 0 Å². The van der Waals surface area contributed by atoms with E-state index in [1.54, 1.807) is 13.3 Å². The summed E-state index contributed by atoms with van der Waals surface area (Å²) in [6, 6.07) is 14.8. The number of nitrogens with one attached hydrogen (secondary N) is 1. The van der Waals surface area contributed by atoms with E-state index < -0.39 is 0 Å². The molecular weight excluding hydrogens is 298 g/mol. The Bertz CT molecular complexity index is 781. The Morgan fingerprint density at radius 3 is 2.71 bits per heavy atom. The number of benzene rings is 2. The van der Waals surface area contributed by atoms with Crippen LogP contribution in [-0.2, 0) is 19.6 Å². The van der Waals surface area contributed by atoms with Gasteiger partial charge in [-0.15, -0.1) is 0 Å². The summed E-state index contributed by atoms with van der Waals surface area (Å²) >= 11 is 0. The maximum absolute atomic E-state index is 5.48. The highest BCUT2D eigenvalue weighted by Gasteiger charge is 2.06. The first-order valence-corrected chi connectivity index (χ1v) is 8.13. The minimum Gasteiger partial charge on any atom is -0.496 e. The largest absolute Gasteiger partial charge is 0.496 e. The number of methoxy groups -OCH3 is 1. The lowest BCUT2D eigenvalue weighted by Crippen LogP contribution is -2.14. The van der Waals surface area contributed by atoms with E-state index in [1.165, 1.54) is 16.7 Å². The van der Waals surface area contributed by atoms with Crippen molar-refractivity contribution in [2.24, 2.45) is 0 Å². The molecule has 0 fully saturated rings. The van der Waals surface area contributed by atoms with Gasteiger partial charge in [0.1, 0.15) is 5.75 Å². The van der Waals surface area contributed by atoms with Crippen molar-refractivity contribution in [3.05, 3.63) is 83.4 Å². The van der Waals surface area contributed by atoms with Crippen LogP contribution in [0.4, 0.5) is 0 Å². The van der Waals surface area contributed by atoms with Crippen LogP contribution in [-0.4, -0.2) is 16.7 Å². The first kappa shape index (κ1) is 16.3. The number of ether oxygens (including phenoxy) is 1. The van der Waals surface area contributed by atoms with Crippen molar-refractivity contribution in [1.29, 1.82) is 0 Å². The van der Waals surface area contributed by atoms with Gasteiger partial charge in [-0.1, -0.05) is 30.3 Å². The molecule has 2 aromatic carbocycles. The van der Waals surface area contributed by atoms with Gasteiger partial charge >= 0.3 is 0 Å². The molecule has 0 saturated heterocycles. The fourth-order valence-electron chi connectivity index (χ4n) is 2.79. The molecule has 0 atom stereocenters. The number of imidazole rings is 1. The molecule has 0 amide bonds. The van der Waals surface area contributed by atoms with Crippen molar-refractivity contribution in [2.45, 2.75) is 26.6 Å². The topological polar surface area (TPSA) is 39.1 Å². The normalized spacial score (nSPS) is 10.8. The molecule has 24 heavy (non-hydrogen) atoms. The number of rotatable bonds is 7. The van der Waals surface area contributed by atoms with Crippen molar-refractivity contribution in [3.8, 4) is 5.75 Å². The molecule has 0 aliphatic heterocycles. The van der Waals surface area contributed by atoms with Crippen molar-refractivity contribution in [3.63, 3.8) is 0 Å². The molecule has 4 heteroatoms. The van der Waals surface area contributed by atoms with Crippen molar-refractivity contribution < 1.29 is 4.74 Å². The lowest BCUT2D eigenvalue weighted by molar-refractivity contribution is 0.408. The first-order valence-electron chi connectivity index (χ1n) is 8.13. The third-order valence-corrected chi connectivity index (χ3v) is 4.16. The second-order valence-corrected chi connectivity index (χ2v) is 5.91. The number of aryl methyl sites for hydroxylation is 1. The predicted octanol–water partition coefficient (Wildman–Crippen LogP) is 3.54. The Morgan fingerprint density at radius 1 is 1.08 bits per heavy atom. The van der Waals surface area contributed by atoms with Crippen molar-refractivity contribution >= 4 is 0 Å². The summed E-state index contributed by atoms with van der Waals surface area (Å²) in [5, 5.41) is 3.52. The number of nitrogens with zero attached hydrogens (tertiary/aromatic N) is 2. The van der Waals surface area contributed by atoms with Gasteiger partial charge in [-0.25, -0.2) is 4.98 Å². The summed E-state index contributed by atoms with van der Waals surface area (Å²) in [6.45, 7) is 4.60. The van der Waals surface area contributed by atoms with Crippen LogP contribution in [0.5, 0.6) is 5.75 Å². The summed E-state index contributed by atoms with van der Waals surface area (Å²) in [7, 11) is 1.71. The van der Waals surface area contributed by atoms with E-state index in [0.717, 1.165) is 30.9 Å². The number of hydrogen-bond acceptors (Lipinski definition) is 3. The van der Waals surface area contributed by atoms with Crippen LogP contribution in [0.15, 0.2) is 61.2 Å². The Kier molecular flexibility index (Phi) is 5.29. The van der Waals surface area contributed by atoms with Gasteiger partial charge in [0.05, 0.1) is 20.0 Å². The molecule has 0 bridgehead atoms. The Morgan fingerprint density at radius 2 is 1.96 bits per heavy atom. The molecule has 1 aromatic heterocycles. The molecule has 1 N–H and O–H groups in total. The predicted molar refractivity (Wildman–Crippen MR) is 96.0 cm³/mol. The van der Waals surface area contributed by atoms with Crippen LogP contribution in [0.1, 0.15) is 22.3 Å². The molecule has 3 aromatic rings. The summed E-state index contributed by atoms with van der Waals surface area (Å²) in [5.74, 6) is 0.909. The number of hydrogen-bond donors (Lipinski definition) is 1. The highest BCUT2D eigenvalue weighted by molar-refractivity contribution is 5.37. The molecule has 4 nitrogen and oxygen atoms in total. The maximum atomic E-state index is 5.48. The van der Waals surface area contributed by atoms with E-state index in [4.69, 9.17) is 4.74 Å². The summed E-state index contributed by atoms with van der Waals surface area (Å²) in [6.07, 6.45) is 5.57. The highest BCUT2D eigenvalue weighted by atomic mass is 16.5. The third-order valence-electron chi connectivity index (χ3n) is 4.16. The van der Waals surface area contributed by atoms with Crippen LogP contribution in [0.25, 0.3) is 0 Å². The van der Waals surface area contributed by atoms with Gasteiger partial charge < -0.3 is 14.6 Å². The van der Waals surface area contributed by atoms with Gasteiger partial charge in [-0.3, -0.25) is 0 Å². The average Bonchev–Trinajstić information content (AvgIpc) is 3.10. The molecule has 124 valence electrons. The molecule has 0 radical (unpaired) electrons. The standard InChI is InChI=1S/C20H23N3O/c1-16-5-3-4-6-18(16)13-22-12-17-7-8-20(24-2)19(11-17)14-23-10-9-21-15-23/h3-11,15,22H,12-14H2,1-2H3. The zero-order chi connectivity index (χ0) is 16.8. The SMILES string of the molecule is COc1ccc(CNCc2ccccc2C)cc1Cn1ccnc1. The monoisotopic (exact) mass is 321 g/mol. The highest BCUT2D eigenvalue weighted by Crippen LogP contribution is 2.21. The molecule has 0 saturated carbocycles. The minimum absolute atomic E-state index is 0.759. The van der Waals surface area contributed by atoms with Gasteiger partial charge in [0.25, 0.3) is 0 Å². The van der Waals surface area contributed by atoms with E-state index in [-0.39, 0.29) is 0 Å². The van der Waals surface area contributed by atoms with Gasteiger partial charge in [0, 0.05) is 31.0 Å². The van der Waals surface area contributed by atoms with Crippen LogP contribution in [0.2, 0.25) is 0 Å². The molecule has 3 rings (SSSR count). The van der Waals surface area contributed by atoms with E-state index in [0.29, 0.717) is 0 Å². The van der Waals surface area contributed by atoms with E-state index in [1.807, 2.05) is 23.2 Å². The lowest BCUT2D eigenvalue weighted by atomic mass is 10.1. The van der Waals surface area contributed by atoms with E-state index in [2.05, 4.69) is 53.6 Å². The van der Waals surface area contributed by atoms with Crippen LogP contribution < -0.4 is 10.1 Å². The summed E-state index contributed by atoms with van der Waals surface area (Å²) in [4.78, 5) is 4.10. The zero-order valence-corrected chi connectivity index (χ0v) is 14.2. The fourth-order valence-corrected chi connectivity index (χ4v) is 2.79. The molecule has 1 heterocycles. The van der Waals surface area contributed by atoms with Gasteiger partial charge in [0.2, 0.25) is 0 Å². The van der Waals surface area contributed by atoms with E-state index >= 15 is 0 Å². The second kappa shape index (κ2) is 7.79. The molecule has 0 aliphatic rings. The van der Waals surface area contributed by atoms with E-state index in [9.17, 15) is 0 Å². The molecule has 0 spiro atoms. The smallest absolute Gasteiger partial charge is 0.123 e. The first-order chi connectivity index (χ1) is 11.8. The quantitative estimate of drug-likeness (QED) is 0.723. The number of aromatic nitrogens is 2. The van der Waals surface area contributed by atoms with Crippen molar-refractivity contribution in [1.82, 2.24) is 14.9 Å². The third kappa shape index (κ3) is 4.03. The Hall–Kier alpha value is -2.59. The Labute approximate surface area is 143 Å². The minimum atomic E-state index is 0.759. The van der Waals surface area contributed by atoms with Crippen LogP contribution in [0.3, 0.4) is 0 Å². The molecule has 0 unspecified atom stereocenters.